The molecule has 5 nitrogen and oxygen atoms in total. The van der Waals surface area contributed by atoms with E-state index in [1.54, 1.807) is 29.6 Å². The number of hydrogen-bond donors (Lipinski definition) is 1. The highest BCUT2D eigenvalue weighted by atomic mass is 32.2. The molecule has 0 amide bonds. The van der Waals surface area contributed by atoms with E-state index in [4.69, 9.17) is 0 Å². The van der Waals surface area contributed by atoms with Gasteiger partial charge in [-0.1, -0.05) is 32.0 Å². The van der Waals surface area contributed by atoms with Crippen LogP contribution in [0.1, 0.15) is 32.8 Å². The summed E-state index contributed by atoms with van der Waals surface area (Å²) < 4.78 is 67.1. The minimum atomic E-state index is -4.78. The maximum absolute atomic E-state index is 13.1. The molecule has 1 aromatic carbocycles. The Morgan fingerprint density at radius 3 is 2.32 bits per heavy atom. The van der Waals surface area contributed by atoms with Crippen molar-refractivity contribution in [2.75, 3.05) is 24.5 Å². The van der Waals surface area contributed by atoms with Gasteiger partial charge in [-0.3, -0.25) is 0 Å². The van der Waals surface area contributed by atoms with Gasteiger partial charge in [0.25, 0.3) is 10.0 Å². The van der Waals surface area contributed by atoms with Crippen LogP contribution in [0.4, 0.5) is 18.9 Å². The summed E-state index contributed by atoms with van der Waals surface area (Å²) in [5, 5.41) is 11.6. The predicted molar refractivity (Wildman–Crippen MR) is 116 cm³/mol. The van der Waals surface area contributed by atoms with Crippen LogP contribution in [0, 0.1) is 5.92 Å². The Morgan fingerprint density at radius 1 is 1.16 bits per heavy atom. The van der Waals surface area contributed by atoms with E-state index < -0.39 is 21.8 Å². The van der Waals surface area contributed by atoms with Gasteiger partial charge in [-0.15, -0.1) is 11.3 Å². The molecule has 0 bridgehead atoms. The molecule has 0 radical (unpaired) electrons. The molecule has 1 aliphatic heterocycles. The number of alkyl halides is 3. The van der Waals surface area contributed by atoms with Gasteiger partial charge in [0, 0.05) is 31.4 Å². The Hall–Kier alpha value is -1.62. The van der Waals surface area contributed by atoms with Crippen LogP contribution in [0.3, 0.4) is 0 Å². The summed E-state index contributed by atoms with van der Waals surface area (Å²) in [5.41, 5.74) is -2.46. The van der Waals surface area contributed by atoms with Crippen LogP contribution >= 0.6 is 11.3 Å². The number of hydrogen-bond acceptors (Lipinski definition) is 5. The van der Waals surface area contributed by atoms with Gasteiger partial charge in [0.1, 0.15) is 4.21 Å². The summed E-state index contributed by atoms with van der Waals surface area (Å²) in [7, 11) is -3.57. The minimum Gasteiger partial charge on any atom is -0.376 e. The van der Waals surface area contributed by atoms with Gasteiger partial charge in [0.2, 0.25) is 0 Å². The van der Waals surface area contributed by atoms with E-state index >= 15 is 0 Å². The second kappa shape index (κ2) is 8.73. The average molecular weight is 477 g/mol. The highest BCUT2D eigenvalue weighted by Crippen LogP contribution is 2.39. The van der Waals surface area contributed by atoms with E-state index in [2.05, 4.69) is 13.8 Å². The first-order valence-corrected chi connectivity index (χ1v) is 12.4. The van der Waals surface area contributed by atoms with Crippen molar-refractivity contribution in [1.29, 1.82) is 0 Å². The summed E-state index contributed by atoms with van der Waals surface area (Å²) in [6, 6.07) is 8.87. The van der Waals surface area contributed by atoms with E-state index in [9.17, 15) is 26.7 Å². The molecule has 1 aromatic heterocycles. The van der Waals surface area contributed by atoms with Gasteiger partial charge < -0.3 is 10.0 Å². The first kappa shape index (κ1) is 24.0. The van der Waals surface area contributed by atoms with Crippen LogP contribution in [0.5, 0.6) is 0 Å². The molecule has 0 saturated carbocycles. The van der Waals surface area contributed by atoms with Gasteiger partial charge in [0.05, 0.1) is 0 Å². The molecular formula is C21H27F3N2O3S2. The van der Waals surface area contributed by atoms with Gasteiger partial charge >= 0.3 is 6.18 Å². The second-order valence-corrected chi connectivity index (χ2v) is 11.5. The lowest BCUT2D eigenvalue weighted by atomic mass is 9.94. The fraction of sp³-hybridized carbons (Fsp3) is 0.524. The quantitative estimate of drug-likeness (QED) is 0.670. The van der Waals surface area contributed by atoms with Crippen LogP contribution in [-0.2, 0) is 15.6 Å². The van der Waals surface area contributed by atoms with Crippen molar-refractivity contribution in [1.82, 2.24) is 4.31 Å². The molecule has 10 heteroatoms. The Bertz CT molecular complexity index is 972. The average Bonchev–Trinajstić information content (AvgIpc) is 3.22. The van der Waals surface area contributed by atoms with Gasteiger partial charge in [0.15, 0.2) is 5.60 Å². The number of nitrogens with zero attached hydrogens (tertiary/aromatic N) is 2. The van der Waals surface area contributed by atoms with Gasteiger partial charge in [-0.25, -0.2) is 8.42 Å². The molecule has 1 saturated heterocycles. The second-order valence-electron chi connectivity index (χ2n) is 8.39. The third-order valence-corrected chi connectivity index (χ3v) is 8.83. The van der Waals surface area contributed by atoms with E-state index in [0.717, 1.165) is 13.3 Å². The highest BCUT2D eigenvalue weighted by Gasteiger charge is 2.51. The normalized spacial score (nSPS) is 20.8. The van der Waals surface area contributed by atoms with Crippen molar-refractivity contribution in [3.8, 4) is 0 Å². The summed E-state index contributed by atoms with van der Waals surface area (Å²) in [6.07, 6.45) is -4.05. The third kappa shape index (κ3) is 4.92. The van der Waals surface area contributed by atoms with E-state index in [-0.39, 0.29) is 18.2 Å². The van der Waals surface area contributed by atoms with Crippen molar-refractivity contribution in [3.63, 3.8) is 0 Å². The van der Waals surface area contributed by atoms with Crippen LogP contribution < -0.4 is 4.90 Å². The van der Waals surface area contributed by atoms with Gasteiger partial charge in [-0.05, 0) is 48.4 Å². The van der Waals surface area contributed by atoms with Crippen molar-refractivity contribution in [2.45, 2.75) is 49.2 Å². The first-order chi connectivity index (χ1) is 14.3. The predicted octanol–water partition coefficient (Wildman–Crippen LogP) is 4.44. The molecular weight excluding hydrogens is 449 g/mol. The zero-order chi connectivity index (χ0) is 23.0. The van der Waals surface area contributed by atoms with E-state index in [0.29, 0.717) is 28.9 Å². The molecule has 172 valence electrons. The lowest BCUT2D eigenvalue weighted by molar-refractivity contribution is -0.258. The maximum atomic E-state index is 13.1. The number of aliphatic hydroxyl groups is 1. The number of rotatable bonds is 6. The van der Waals surface area contributed by atoms with Crippen LogP contribution in [0.15, 0.2) is 46.0 Å². The first-order valence-electron chi connectivity index (χ1n) is 10.0. The Labute approximate surface area is 185 Å². The summed E-state index contributed by atoms with van der Waals surface area (Å²) in [4.78, 5) is 2.05. The summed E-state index contributed by atoms with van der Waals surface area (Å²) in [6.45, 7) is 5.86. The topological polar surface area (TPSA) is 60.9 Å². The SMILES string of the molecule is CC(C)C[C@H]1CN(S(=O)(=O)c2cccs2)CCN1c1ccc(C(C)(O)C(F)(F)F)cc1. The Kier molecular flexibility index (Phi) is 6.76. The van der Waals surface area contributed by atoms with Crippen LogP contribution in [-0.4, -0.2) is 49.7 Å². The van der Waals surface area contributed by atoms with E-state index in [1.807, 2.05) is 4.90 Å². The smallest absolute Gasteiger partial charge is 0.376 e. The molecule has 1 aliphatic rings. The van der Waals surface area contributed by atoms with Crippen molar-refractivity contribution < 1.29 is 26.7 Å². The largest absolute Gasteiger partial charge is 0.421 e. The van der Waals surface area contributed by atoms with Crippen LogP contribution in [0.2, 0.25) is 0 Å². The zero-order valence-corrected chi connectivity index (χ0v) is 19.3. The monoisotopic (exact) mass is 476 g/mol. The van der Waals surface area contributed by atoms with Crippen molar-refractivity contribution >= 4 is 27.0 Å². The maximum Gasteiger partial charge on any atom is 0.421 e. The van der Waals surface area contributed by atoms with Gasteiger partial charge in [-0.2, -0.15) is 17.5 Å². The molecule has 3 rings (SSSR count). The number of anilines is 1. The standard InChI is InChI=1S/C21H27F3N2O3S2/c1-15(2)13-18-14-25(31(28,29)19-5-4-12-30-19)10-11-26(18)17-8-6-16(7-9-17)20(3,27)21(22,23)24/h4-9,12,15,18,27H,10-11,13-14H2,1-3H3/t18-,20?/m0/s1. The lowest BCUT2D eigenvalue weighted by Crippen LogP contribution is -2.55. The number of halogens is 3. The zero-order valence-electron chi connectivity index (χ0n) is 17.6. The number of piperazine rings is 1. The molecule has 1 fully saturated rings. The third-order valence-electron chi connectivity index (χ3n) is 5.59. The molecule has 1 N–H and O–H groups in total. The molecule has 2 atom stereocenters. The number of thiophene rings is 1. The molecule has 1 unspecified atom stereocenters. The van der Waals surface area contributed by atoms with Crippen LogP contribution in [0.25, 0.3) is 0 Å². The number of sulfonamides is 1. The fourth-order valence-corrected chi connectivity index (χ4v) is 6.42. The highest BCUT2D eigenvalue weighted by molar-refractivity contribution is 7.91. The number of benzene rings is 1. The van der Waals surface area contributed by atoms with Crippen molar-refractivity contribution in [3.05, 3.63) is 47.3 Å². The summed E-state index contributed by atoms with van der Waals surface area (Å²) in [5.74, 6) is 0.308. The Morgan fingerprint density at radius 2 is 1.81 bits per heavy atom. The molecule has 2 heterocycles. The molecule has 0 spiro atoms. The Balaban J connectivity index is 1.84. The summed E-state index contributed by atoms with van der Waals surface area (Å²) >= 11 is 1.18. The lowest BCUT2D eigenvalue weighted by Gasteiger charge is -2.43. The molecule has 31 heavy (non-hydrogen) atoms. The fourth-order valence-electron chi connectivity index (χ4n) is 3.81. The molecule has 2 aromatic rings. The minimum absolute atomic E-state index is 0.113. The van der Waals surface area contributed by atoms with E-state index in [1.165, 1.54) is 27.8 Å². The molecule has 0 aliphatic carbocycles. The van der Waals surface area contributed by atoms with Crippen molar-refractivity contribution in [2.24, 2.45) is 5.92 Å².